The molecule has 0 aliphatic carbocycles. The second-order valence-electron chi connectivity index (χ2n) is 4.03. The third-order valence-corrected chi connectivity index (χ3v) is 3.22. The summed E-state index contributed by atoms with van der Waals surface area (Å²) < 4.78 is 0. The van der Waals surface area contributed by atoms with Gasteiger partial charge in [0.1, 0.15) is 0 Å². The highest BCUT2D eigenvalue weighted by atomic mass is 14.9. The molecule has 1 spiro atoms. The maximum absolute atomic E-state index is 3.52. The lowest BCUT2D eigenvalue weighted by atomic mass is 9.73. The van der Waals surface area contributed by atoms with Gasteiger partial charge < -0.3 is 10.6 Å². The minimum atomic E-state index is 0.684. The molecule has 2 rings (SSSR count). The monoisotopic (exact) mass is 214 g/mol. The minimum Gasteiger partial charge on any atom is -0.317 e. The maximum Gasteiger partial charge on any atom is 0.000877 e. The van der Waals surface area contributed by atoms with E-state index in [0.717, 1.165) is 0 Å². The highest BCUT2D eigenvalue weighted by Gasteiger charge is 2.32. The number of hydrogen-bond donors (Lipinski definition) is 2. The zero-order valence-corrected chi connectivity index (χ0v) is 11.2. The Labute approximate surface area is 96.2 Å². The van der Waals surface area contributed by atoms with Gasteiger partial charge in [0.2, 0.25) is 0 Å². The fourth-order valence-electron chi connectivity index (χ4n) is 2.41. The molecule has 2 N–H and O–H groups in total. The van der Waals surface area contributed by atoms with E-state index in [4.69, 9.17) is 0 Å². The van der Waals surface area contributed by atoms with Crippen LogP contribution in [0.1, 0.15) is 53.4 Å². The van der Waals surface area contributed by atoms with Gasteiger partial charge in [0.15, 0.2) is 0 Å². The third-order valence-electron chi connectivity index (χ3n) is 3.22. The van der Waals surface area contributed by atoms with Crippen LogP contribution in [0.15, 0.2) is 0 Å². The van der Waals surface area contributed by atoms with Gasteiger partial charge in [-0.1, -0.05) is 27.7 Å². The molecule has 2 saturated heterocycles. The molecule has 0 aromatic heterocycles. The van der Waals surface area contributed by atoms with Crippen LogP contribution < -0.4 is 10.6 Å². The van der Waals surface area contributed by atoms with E-state index in [1.54, 1.807) is 0 Å². The standard InChI is InChI=1S/C9H18N2.2C2H6/c1-2-9(8-11-5-1)3-6-10-7-4-9;2*1-2/h10-11H,1-8H2;2*1-2H3. The zero-order chi connectivity index (χ0) is 11.6. The molecular weight excluding hydrogens is 184 g/mol. The first-order valence-electron chi connectivity index (χ1n) is 6.83. The van der Waals surface area contributed by atoms with Gasteiger partial charge in [-0.05, 0) is 50.7 Å². The first-order valence-corrected chi connectivity index (χ1v) is 6.83. The molecule has 15 heavy (non-hydrogen) atoms. The van der Waals surface area contributed by atoms with Gasteiger partial charge in [0, 0.05) is 6.54 Å². The maximum atomic E-state index is 3.52. The number of hydrogen-bond acceptors (Lipinski definition) is 2. The van der Waals surface area contributed by atoms with Crippen molar-refractivity contribution in [1.29, 1.82) is 0 Å². The molecule has 2 aliphatic heterocycles. The zero-order valence-electron chi connectivity index (χ0n) is 11.2. The molecule has 0 unspecified atom stereocenters. The second-order valence-corrected chi connectivity index (χ2v) is 4.03. The minimum absolute atomic E-state index is 0.684. The largest absolute Gasteiger partial charge is 0.317 e. The van der Waals surface area contributed by atoms with E-state index in [2.05, 4.69) is 10.6 Å². The van der Waals surface area contributed by atoms with Crippen LogP contribution in [0.25, 0.3) is 0 Å². The van der Waals surface area contributed by atoms with Gasteiger partial charge >= 0.3 is 0 Å². The van der Waals surface area contributed by atoms with Crippen molar-refractivity contribution in [3.63, 3.8) is 0 Å². The van der Waals surface area contributed by atoms with Crippen molar-refractivity contribution in [2.24, 2.45) is 5.41 Å². The Morgan fingerprint density at radius 1 is 0.733 bits per heavy atom. The SMILES string of the molecule is C1CNCC2(C1)CCNCC2.CC.CC. The third kappa shape index (κ3) is 4.98. The van der Waals surface area contributed by atoms with Crippen LogP contribution in [-0.4, -0.2) is 26.2 Å². The molecule has 92 valence electrons. The average Bonchev–Trinajstić information content (AvgIpc) is 2.36. The van der Waals surface area contributed by atoms with Gasteiger partial charge in [-0.3, -0.25) is 0 Å². The molecular formula is C13H30N2. The summed E-state index contributed by atoms with van der Waals surface area (Å²) in [7, 11) is 0. The summed E-state index contributed by atoms with van der Waals surface area (Å²) in [6.45, 7) is 13.0. The number of nitrogens with one attached hydrogen (secondary N) is 2. The molecule has 2 heteroatoms. The molecule has 0 bridgehead atoms. The topological polar surface area (TPSA) is 24.1 Å². The Kier molecular flexibility index (Phi) is 9.12. The van der Waals surface area contributed by atoms with E-state index in [0.29, 0.717) is 5.41 Å². The van der Waals surface area contributed by atoms with Crippen LogP contribution in [0.3, 0.4) is 0 Å². The molecule has 2 fully saturated rings. The average molecular weight is 214 g/mol. The first kappa shape index (κ1) is 14.9. The van der Waals surface area contributed by atoms with E-state index in [9.17, 15) is 0 Å². The lowest BCUT2D eigenvalue weighted by molar-refractivity contribution is 0.150. The van der Waals surface area contributed by atoms with Crippen LogP contribution in [0.4, 0.5) is 0 Å². The fraction of sp³-hybridized carbons (Fsp3) is 1.00. The number of piperidine rings is 2. The Hall–Kier alpha value is -0.0800. The summed E-state index contributed by atoms with van der Waals surface area (Å²) in [5.41, 5.74) is 0.684. The molecule has 0 aromatic rings. The summed E-state index contributed by atoms with van der Waals surface area (Å²) in [5.74, 6) is 0. The van der Waals surface area contributed by atoms with Gasteiger partial charge in [0.25, 0.3) is 0 Å². The van der Waals surface area contributed by atoms with Crippen molar-refractivity contribution in [2.45, 2.75) is 53.4 Å². The van der Waals surface area contributed by atoms with Crippen molar-refractivity contribution in [2.75, 3.05) is 26.2 Å². The van der Waals surface area contributed by atoms with E-state index in [1.807, 2.05) is 27.7 Å². The molecule has 0 amide bonds. The van der Waals surface area contributed by atoms with E-state index < -0.39 is 0 Å². The molecule has 0 saturated carbocycles. The number of rotatable bonds is 0. The van der Waals surface area contributed by atoms with Crippen LogP contribution in [0, 0.1) is 5.41 Å². The van der Waals surface area contributed by atoms with E-state index in [1.165, 1.54) is 51.9 Å². The predicted molar refractivity (Wildman–Crippen MR) is 69.3 cm³/mol. The molecule has 0 radical (unpaired) electrons. The Balaban J connectivity index is 0.000000442. The Bertz CT molecular complexity index is 103. The highest BCUT2D eigenvalue weighted by molar-refractivity contribution is 4.89. The summed E-state index contributed by atoms with van der Waals surface area (Å²) >= 11 is 0. The van der Waals surface area contributed by atoms with Crippen molar-refractivity contribution >= 4 is 0 Å². The molecule has 0 atom stereocenters. The predicted octanol–water partition coefficient (Wildman–Crippen LogP) is 2.79. The normalized spacial score (nSPS) is 23.2. The second kappa shape index (κ2) is 9.17. The summed E-state index contributed by atoms with van der Waals surface area (Å²) in [6.07, 6.45) is 5.63. The smallest absolute Gasteiger partial charge is 0.000877 e. The lowest BCUT2D eigenvalue weighted by Crippen LogP contribution is -2.46. The molecule has 2 aliphatic rings. The molecule has 2 nitrogen and oxygen atoms in total. The van der Waals surface area contributed by atoms with Crippen molar-refractivity contribution in [1.82, 2.24) is 10.6 Å². The van der Waals surface area contributed by atoms with E-state index in [-0.39, 0.29) is 0 Å². The Morgan fingerprint density at radius 3 is 1.80 bits per heavy atom. The Morgan fingerprint density at radius 2 is 1.33 bits per heavy atom. The lowest BCUT2D eigenvalue weighted by Gasteiger charge is -2.41. The van der Waals surface area contributed by atoms with Gasteiger partial charge in [0.05, 0.1) is 0 Å². The quantitative estimate of drug-likeness (QED) is 0.648. The molecule has 0 aromatic carbocycles. The van der Waals surface area contributed by atoms with E-state index >= 15 is 0 Å². The van der Waals surface area contributed by atoms with Crippen LogP contribution in [0.5, 0.6) is 0 Å². The van der Waals surface area contributed by atoms with Gasteiger partial charge in [-0.2, -0.15) is 0 Å². The van der Waals surface area contributed by atoms with Crippen LogP contribution in [-0.2, 0) is 0 Å². The highest BCUT2D eigenvalue weighted by Crippen LogP contribution is 2.34. The van der Waals surface area contributed by atoms with Crippen molar-refractivity contribution in [3.05, 3.63) is 0 Å². The van der Waals surface area contributed by atoms with Gasteiger partial charge in [-0.15, -0.1) is 0 Å². The summed E-state index contributed by atoms with van der Waals surface area (Å²) in [4.78, 5) is 0. The summed E-state index contributed by atoms with van der Waals surface area (Å²) in [6, 6.07) is 0. The summed E-state index contributed by atoms with van der Waals surface area (Å²) in [5, 5.41) is 6.95. The van der Waals surface area contributed by atoms with Crippen molar-refractivity contribution < 1.29 is 0 Å². The van der Waals surface area contributed by atoms with Crippen LogP contribution in [0.2, 0.25) is 0 Å². The van der Waals surface area contributed by atoms with Crippen molar-refractivity contribution in [3.8, 4) is 0 Å². The van der Waals surface area contributed by atoms with Gasteiger partial charge in [-0.25, -0.2) is 0 Å². The first-order chi connectivity index (χ1) is 7.41. The fourth-order valence-corrected chi connectivity index (χ4v) is 2.41. The van der Waals surface area contributed by atoms with Crippen LogP contribution >= 0.6 is 0 Å². The molecule has 2 heterocycles.